The number of rotatable bonds is 7. The molecule has 2 aliphatic rings. The molecule has 184 valence electrons. The van der Waals surface area contributed by atoms with E-state index in [4.69, 9.17) is 4.42 Å². The number of hydrogen-bond donors (Lipinski definition) is 3. The van der Waals surface area contributed by atoms with Crippen molar-refractivity contribution in [1.29, 1.82) is 0 Å². The van der Waals surface area contributed by atoms with Crippen molar-refractivity contribution in [2.45, 2.75) is 56.9 Å². The molecule has 8 nitrogen and oxygen atoms in total. The molecule has 3 atom stereocenters. The lowest BCUT2D eigenvalue weighted by Crippen LogP contribution is -2.38. The number of furan rings is 1. The quantitative estimate of drug-likeness (QED) is 0.328. The Balaban J connectivity index is 1.42. The molecule has 0 radical (unpaired) electrons. The maximum absolute atomic E-state index is 13.0. The highest BCUT2D eigenvalue weighted by Gasteiger charge is 2.33. The second kappa shape index (κ2) is 9.45. The van der Waals surface area contributed by atoms with Crippen LogP contribution in [0.15, 0.2) is 44.3 Å². The van der Waals surface area contributed by atoms with Gasteiger partial charge in [0.15, 0.2) is 5.75 Å². The third kappa shape index (κ3) is 4.33. The number of aromatic hydroxyl groups is 1. The first-order valence-electron chi connectivity index (χ1n) is 12.0. The fourth-order valence-electron chi connectivity index (χ4n) is 4.98. The molecular weight excluding hydrogens is 466 g/mol. The fourth-order valence-corrected chi connectivity index (χ4v) is 6.34. The Morgan fingerprint density at radius 2 is 1.94 bits per heavy atom. The molecule has 5 rings (SSSR count). The van der Waals surface area contributed by atoms with Gasteiger partial charge in [-0.25, -0.2) is 0 Å². The number of hydrogen-bond acceptors (Lipinski definition) is 8. The number of amides is 1. The molecule has 3 N–H and O–H groups in total. The first-order valence-corrected chi connectivity index (χ1v) is 13.1. The van der Waals surface area contributed by atoms with Gasteiger partial charge in [-0.1, -0.05) is 6.07 Å². The van der Waals surface area contributed by atoms with Gasteiger partial charge in [-0.05, 0) is 69.5 Å². The number of likely N-dealkylation sites (tertiary alicyclic amines) is 1. The molecule has 0 aliphatic carbocycles. The maximum Gasteiger partial charge on any atom is 0.257 e. The van der Waals surface area contributed by atoms with Gasteiger partial charge in [0.25, 0.3) is 16.8 Å². The van der Waals surface area contributed by atoms with Crippen molar-refractivity contribution in [2.24, 2.45) is 0 Å². The lowest BCUT2D eigenvalue weighted by Gasteiger charge is -2.26. The van der Waals surface area contributed by atoms with Gasteiger partial charge in [0.2, 0.25) is 0 Å². The number of carbonyl (C=O) groups excluding carboxylic acids is 1. The van der Waals surface area contributed by atoms with E-state index < -0.39 is 10.9 Å². The number of phenolic OH excluding ortho intramolecular Hbond substituents is 1. The van der Waals surface area contributed by atoms with E-state index in [-0.39, 0.29) is 51.6 Å². The van der Waals surface area contributed by atoms with Crippen LogP contribution < -0.4 is 21.5 Å². The minimum Gasteiger partial charge on any atom is -0.505 e. The summed E-state index contributed by atoms with van der Waals surface area (Å²) >= 11 is 1.81. The van der Waals surface area contributed by atoms with Gasteiger partial charge in [0.1, 0.15) is 22.9 Å². The number of nitrogens with zero attached hydrogens (tertiary/aromatic N) is 1. The van der Waals surface area contributed by atoms with Crippen LogP contribution in [0.4, 0.5) is 17.1 Å². The SMILES string of the molecule is Cc1ccc(C(Nc2c(Nc3cccc(C(=O)N4CCC[C@@H]4C)c3O)c(=O)c2=O)C2CCCS2)o1. The summed E-state index contributed by atoms with van der Waals surface area (Å²) in [5.41, 5.74) is -0.639. The van der Waals surface area contributed by atoms with Gasteiger partial charge < -0.3 is 25.1 Å². The molecule has 9 heteroatoms. The zero-order valence-electron chi connectivity index (χ0n) is 19.8. The Bertz CT molecular complexity index is 1320. The van der Waals surface area contributed by atoms with E-state index in [9.17, 15) is 19.5 Å². The van der Waals surface area contributed by atoms with Crippen LogP contribution in [0.1, 0.15) is 60.5 Å². The van der Waals surface area contributed by atoms with Crippen LogP contribution in [0, 0.1) is 6.92 Å². The largest absolute Gasteiger partial charge is 0.505 e. The summed E-state index contributed by atoms with van der Waals surface area (Å²) in [6.45, 7) is 4.51. The van der Waals surface area contributed by atoms with Crippen molar-refractivity contribution in [1.82, 2.24) is 4.90 Å². The molecule has 1 aromatic heterocycles. The molecule has 2 aliphatic heterocycles. The molecule has 35 heavy (non-hydrogen) atoms. The average Bonchev–Trinajstić information content (AvgIpc) is 3.62. The van der Waals surface area contributed by atoms with Crippen molar-refractivity contribution in [3.63, 3.8) is 0 Å². The first-order chi connectivity index (χ1) is 16.8. The topological polar surface area (TPSA) is 112 Å². The van der Waals surface area contributed by atoms with Gasteiger partial charge >= 0.3 is 0 Å². The predicted octanol–water partition coefficient (Wildman–Crippen LogP) is 4.31. The first kappa shape index (κ1) is 23.5. The molecular formula is C26H29N3O5S. The minimum atomic E-state index is -0.662. The van der Waals surface area contributed by atoms with Crippen LogP contribution in [0.5, 0.6) is 5.75 Å². The molecule has 0 bridgehead atoms. The third-order valence-corrected chi connectivity index (χ3v) is 8.41. The van der Waals surface area contributed by atoms with E-state index in [1.54, 1.807) is 23.1 Å². The molecule has 0 saturated carbocycles. The van der Waals surface area contributed by atoms with Gasteiger partial charge in [0, 0.05) is 17.8 Å². The second-order valence-corrected chi connectivity index (χ2v) is 10.7. The Kier molecular flexibility index (Phi) is 6.35. The number of anilines is 3. The van der Waals surface area contributed by atoms with Crippen molar-refractivity contribution >= 4 is 34.7 Å². The summed E-state index contributed by atoms with van der Waals surface area (Å²) in [5, 5.41) is 17.3. The molecule has 2 saturated heterocycles. The normalized spacial score (nSPS) is 20.9. The summed E-state index contributed by atoms with van der Waals surface area (Å²) in [7, 11) is 0. The van der Waals surface area contributed by atoms with Gasteiger partial charge in [-0.2, -0.15) is 11.8 Å². The Labute approximate surface area is 207 Å². The summed E-state index contributed by atoms with van der Waals surface area (Å²) < 4.78 is 5.86. The molecule has 3 aromatic rings. The van der Waals surface area contributed by atoms with E-state index in [1.807, 2.05) is 37.7 Å². The molecule has 0 spiro atoms. The molecule has 2 aromatic carbocycles. The van der Waals surface area contributed by atoms with Crippen LogP contribution in [0.2, 0.25) is 0 Å². The average molecular weight is 496 g/mol. The highest BCUT2D eigenvalue weighted by Crippen LogP contribution is 2.40. The van der Waals surface area contributed by atoms with Gasteiger partial charge in [-0.15, -0.1) is 0 Å². The molecule has 2 unspecified atom stereocenters. The zero-order chi connectivity index (χ0) is 24.7. The van der Waals surface area contributed by atoms with Crippen LogP contribution in [0.3, 0.4) is 0 Å². The number of benzene rings is 1. The van der Waals surface area contributed by atoms with Crippen molar-refractivity contribution < 1.29 is 14.3 Å². The number of thioether (sulfide) groups is 1. The lowest BCUT2D eigenvalue weighted by molar-refractivity contribution is 0.0744. The fraction of sp³-hybridized carbons (Fsp3) is 0.423. The van der Waals surface area contributed by atoms with Gasteiger partial charge in [0.05, 0.1) is 17.3 Å². The Hall–Kier alpha value is -3.20. The van der Waals surface area contributed by atoms with E-state index in [0.717, 1.165) is 43.0 Å². The smallest absolute Gasteiger partial charge is 0.257 e. The molecule has 3 heterocycles. The Morgan fingerprint density at radius 3 is 2.60 bits per heavy atom. The standard InChI is InChI=1S/C26H29N3O5S/c1-14-6-4-12-29(14)26(33)16-7-3-8-17(23(16)30)27-21-22(25(32)24(21)31)28-20(19-9-5-13-35-19)18-11-10-15(2)34-18/h3,7-8,10-11,14,19-20,27-28,30H,4-6,9,12-13H2,1-2H3/t14-,19?,20?/m0/s1. The highest BCUT2D eigenvalue weighted by molar-refractivity contribution is 8.00. The van der Waals surface area contributed by atoms with E-state index in [0.29, 0.717) is 6.54 Å². The van der Waals surface area contributed by atoms with Crippen LogP contribution in [-0.2, 0) is 0 Å². The van der Waals surface area contributed by atoms with E-state index in [1.165, 1.54) is 0 Å². The number of phenols is 1. The number of aryl methyl sites for hydroxylation is 1. The van der Waals surface area contributed by atoms with Crippen molar-refractivity contribution in [3.8, 4) is 5.75 Å². The predicted molar refractivity (Wildman–Crippen MR) is 138 cm³/mol. The minimum absolute atomic E-state index is 0.0840. The van der Waals surface area contributed by atoms with Crippen molar-refractivity contribution in [2.75, 3.05) is 22.9 Å². The summed E-state index contributed by atoms with van der Waals surface area (Å²) in [6, 6.07) is 8.43. The van der Waals surface area contributed by atoms with Gasteiger partial charge in [-0.3, -0.25) is 14.4 Å². The summed E-state index contributed by atoms with van der Waals surface area (Å²) in [6.07, 6.45) is 3.91. The zero-order valence-corrected chi connectivity index (χ0v) is 20.6. The Morgan fingerprint density at radius 1 is 1.14 bits per heavy atom. The number of nitrogens with one attached hydrogen (secondary N) is 2. The van der Waals surface area contributed by atoms with Crippen molar-refractivity contribution in [3.05, 3.63) is 67.9 Å². The molecule has 1 amide bonds. The van der Waals surface area contributed by atoms with E-state index >= 15 is 0 Å². The number of carbonyl (C=O) groups is 1. The molecule has 2 fully saturated rings. The van der Waals surface area contributed by atoms with Crippen LogP contribution in [0.25, 0.3) is 0 Å². The van der Waals surface area contributed by atoms with Crippen LogP contribution >= 0.6 is 11.8 Å². The highest BCUT2D eigenvalue weighted by atomic mass is 32.2. The van der Waals surface area contributed by atoms with E-state index in [2.05, 4.69) is 10.6 Å². The monoisotopic (exact) mass is 495 g/mol. The van der Waals surface area contributed by atoms with Crippen LogP contribution in [-0.4, -0.2) is 39.5 Å². The third-order valence-electron chi connectivity index (χ3n) is 6.95. The number of para-hydroxylation sites is 1. The maximum atomic E-state index is 13.0. The lowest BCUT2D eigenvalue weighted by atomic mass is 10.0. The summed E-state index contributed by atoms with van der Waals surface area (Å²) in [5.74, 6) is 2.04. The summed E-state index contributed by atoms with van der Waals surface area (Å²) in [4.78, 5) is 39.8. The second-order valence-electron chi connectivity index (χ2n) is 9.35.